The van der Waals surface area contributed by atoms with Crippen molar-refractivity contribution >= 4 is 28.9 Å². The van der Waals surface area contributed by atoms with Crippen LogP contribution in [0.2, 0.25) is 0 Å². The smallest absolute Gasteiger partial charge is 0.165 e. The molecule has 1 atom stereocenters. The van der Waals surface area contributed by atoms with Gasteiger partial charge in [-0.3, -0.25) is 4.79 Å². The fourth-order valence-corrected chi connectivity index (χ4v) is 4.22. The molecular formula is C10H12OS2. The highest BCUT2D eigenvalue weighted by atomic mass is 32.2. The molecule has 0 spiro atoms. The van der Waals surface area contributed by atoms with Crippen molar-refractivity contribution in [1.29, 1.82) is 0 Å². The molecule has 0 fully saturated rings. The van der Waals surface area contributed by atoms with Crippen LogP contribution >= 0.6 is 23.1 Å². The number of fused-ring (bicyclic) bond motifs is 1. The summed E-state index contributed by atoms with van der Waals surface area (Å²) in [4.78, 5) is 11.6. The van der Waals surface area contributed by atoms with Crippen molar-refractivity contribution in [3.63, 3.8) is 0 Å². The molecule has 0 N–H and O–H groups in total. The summed E-state index contributed by atoms with van der Waals surface area (Å²) in [5.41, 5.74) is 0.961. The van der Waals surface area contributed by atoms with E-state index in [4.69, 9.17) is 0 Å². The molecule has 0 aromatic carbocycles. The highest BCUT2D eigenvalue weighted by Gasteiger charge is 2.25. The topological polar surface area (TPSA) is 17.1 Å². The second kappa shape index (κ2) is 3.84. The first-order chi connectivity index (χ1) is 6.31. The van der Waals surface area contributed by atoms with Crippen LogP contribution in [0.1, 0.15) is 36.5 Å². The van der Waals surface area contributed by atoms with Crippen molar-refractivity contribution in [3.05, 3.63) is 17.0 Å². The maximum absolute atomic E-state index is 11.6. The van der Waals surface area contributed by atoms with Crippen LogP contribution in [-0.4, -0.2) is 11.0 Å². The van der Waals surface area contributed by atoms with Crippen LogP contribution in [-0.2, 0) is 0 Å². The van der Waals surface area contributed by atoms with Crippen molar-refractivity contribution in [3.8, 4) is 0 Å². The summed E-state index contributed by atoms with van der Waals surface area (Å²) in [7, 11) is 0. The molecular weight excluding hydrogens is 200 g/mol. The van der Waals surface area contributed by atoms with Crippen LogP contribution in [0.3, 0.4) is 0 Å². The van der Waals surface area contributed by atoms with Gasteiger partial charge in [0, 0.05) is 17.2 Å². The number of rotatable bonds is 2. The van der Waals surface area contributed by atoms with Gasteiger partial charge in [0.05, 0.1) is 4.21 Å². The van der Waals surface area contributed by atoms with E-state index in [0.29, 0.717) is 11.0 Å². The third-order valence-electron chi connectivity index (χ3n) is 2.23. The van der Waals surface area contributed by atoms with Crippen molar-refractivity contribution < 1.29 is 4.79 Å². The molecule has 1 aliphatic heterocycles. The molecule has 0 bridgehead atoms. The lowest BCUT2D eigenvalue weighted by molar-refractivity contribution is 0.0977. The normalized spacial score (nSPS) is 21.6. The molecule has 2 rings (SSSR count). The fraction of sp³-hybridized carbons (Fsp3) is 0.500. The Kier molecular flexibility index (Phi) is 2.74. The van der Waals surface area contributed by atoms with E-state index in [-0.39, 0.29) is 0 Å². The SMILES string of the molecule is CCCC1CC(=O)c2ccsc2S1. The van der Waals surface area contributed by atoms with Crippen LogP contribution in [0.15, 0.2) is 15.7 Å². The molecule has 1 aromatic heterocycles. The number of carbonyl (C=O) groups is 1. The predicted molar refractivity (Wildman–Crippen MR) is 57.8 cm³/mol. The third-order valence-corrected chi connectivity index (χ3v) is 4.68. The summed E-state index contributed by atoms with van der Waals surface area (Å²) >= 11 is 3.59. The van der Waals surface area contributed by atoms with E-state index in [2.05, 4.69) is 6.92 Å². The molecule has 0 saturated heterocycles. The maximum atomic E-state index is 11.6. The molecule has 0 saturated carbocycles. The Balaban J connectivity index is 2.19. The largest absolute Gasteiger partial charge is 0.294 e. The summed E-state index contributed by atoms with van der Waals surface area (Å²) in [6.07, 6.45) is 3.07. The van der Waals surface area contributed by atoms with Gasteiger partial charge in [0.2, 0.25) is 0 Å². The van der Waals surface area contributed by atoms with Gasteiger partial charge in [0.1, 0.15) is 0 Å². The molecule has 1 unspecified atom stereocenters. The quantitative estimate of drug-likeness (QED) is 0.745. The van der Waals surface area contributed by atoms with Gasteiger partial charge in [-0.15, -0.1) is 23.1 Å². The third kappa shape index (κ3) is 1.81. The van der Waals surface area contributed by atoms with Crippen molar-refractivity contribution in [2.45, 2.75) is 35.6 Å². The monoisotopic (exact) mass is 212 g/mol. The van der Waals surface area contributed by atoms with Crippen molar-refractivity contribution in [2.24, 2.45) is 0 Å². The highest BCUT2D eigenvalue weighted by molar-refractivity contribution is 8.01. The van der Waals surface area contributed by atoms with E-state index in [9.17, 15) is 4.79 Å². The molecule has 0 aliphatic carbocycles. The van der Waals surface area contributed by atoms with Gasteiger partial charge < -0.3 is 0 Å². The molecule has 13 heavy (non-hydrogen) atoms. The van der Waals surface area contributed by atoms with E-state index in [1.54, 1.807) is 11.3 Å². The molecule has 3 heteroatoms. The number of carbonyl (C=O) groups excluding carboxylic acids is 1. The van der Waals surface area contributed by atoms with Crippen LogP contribution < -0.4 is 0 Å². The average Bonchev–Trinajstić information content (AvgIpc) is 2.53. The van der Waals surface area contributed by atoms with Gasteiger partial charge in [0.25, 0.3) is 0 Å². The Morgan fingerprint density at radius 1 is 1.62 bits per heavy atom. The van der Waals surface area contributed by atoms with Crippen molar-refractivity contribution in [2.75, 3.05) is 0 Å². The lowest BCUT2D eigenvalue weighted by atomic mass is 10.1. The number of hydrogen-bond acceptors (Lipinski definition) is 3. The predicted octanol–water partition coefficient (Wildman–Crippen LogP) is 3.60. The van der Waals surface area contributed by atoms with Crippen LogP contribution in [0.4, 0.5) is 0 Å². The maximum Gasteiger partial charge on any atom is 0.165 e. The van der Waals surface area contributed by atoms with Crippen LogP contribution in [0.5, 0.6) is 0 Å². The zero-order chi connectivity index (χ0) is 9.26. The first-order valence-corrected chi connectivity index (χ1v) is 6.34. The fourth-order valence-electron chi connectivity index (χ4n) is 1.59. The van der Waals surface area contributed by atoms with Gasteiger partial charge in [-0.2, -0.15) is 0 Å². The van der Waals surface area contributed by atoms with Gasteiger partial charge in [-0.1, -0.05) is 13.3 Å². The summed E-state index contributed by atoms with van der Waals surface area (Å²) < 4.78 is 1.23. The standard InChI is InChI=1S/C10H12OS2/c1-2-3-7-6-9(11)8-4-5-12-10(8)13-7/h4-5,7H,2-3,6H2,1H3. The minimum Gasteiger partial charge on any atom is -0.294 e. The molecule has 70 valence electrons. The van der Waals surface area contributed by atoms with Gasteiger partial charge >= 0.3 is 0 Å². The second-order valence-corrected chi connectivity index (χ2v) is 5.76. The van der Waals surface area contributed by atoms with Gasteiger partial charge in [0.15, 0.2) is 5.78 Å². The Morgan fingerprint density at radius 2 is 2.46 bits per heavy atom. The zero-order valence-corrected chi connectivity index (χ0v) is 9.21. The number of hydrogen-bond donors (Lipinski definition) is 0. The highest BCUT2D eigenvalue weighted by Crippen LogP contribution is 2.40. The summed E-state index contributed by atoms with van der Waals surface area (Å²) in [6, 6.07) is 1.96. The number of thiophene rings is 1. The lowest BCUT2D eigenvalue weighted by Crippen LogP contribution is -2.15. The Hall–Kier alpha value is -0.280. The van der Waals surface area contributed by atoms with Gasteiger partial charge in [-0.05, 0) is 17.9 Å². The Morgan fingerprint density at radius 3 is 3.23 bits per heavy atom. The number of Topliss-reactive ketones (excluding diaryl/α,β-unsaturated/α-hetero) is 1. The van der Waals surface area contributed by atoms with Crippen LogP contribution in [0, 0.1) is 0 Å². The second-order valence-electron chi connectivity index (χ2n) is 3.28. The zero-order valence-electron chi connectivity index (χ0n) is 7.58. The van der Waals surface area contributed by atoms with E-state index in [1.165, 1.54) is 10.6 Å². The Bertz CT molecular complexity index is 316. The van der Waals surface area contributed by atoms with Crippen molar-refractivity contribution in [1.82, 2.24) is 0 Å². The molecule has 1 aromatic rings. The summed E-state index contributed by atoms with van der Waals surface area (Å²) in [5.74, 6) is 0.341. The summed E-state index contributed by atoms with van der Waals surface area (Å²) in [6.45, 7) is 2.18. The van der Waals surface area contributed by atoms with E-state index < -0.39 is 0 Å². The van der Waals surface area contributed by atoms with E-state index in [0.717, 1.165) is 18.4 Å². The minimum atomic E-state index is 0.341. The minimum absolute atomic E-state index is 0.341. The molecule has 1 nitrogen and oxygen atoms in total. The molecule has 0 amide bonds. The average molecular weight is 212 g/mol. The molecule has 0 radical (unpaired) electrons. The van der Waals surface area contributed by atoms with Gasteiger partial charge in [-0.25, -0.2) is 0 Å². The molecule has 2 heterocycles. The Labute approximate surface area is 86.5 Å². The van der Waals surface area contributed by atoms with E-state index >= 15 is 0 Å². The first kappa shape index (κ1) is 9.28. The van der Waals surface area contributed by atoms with E-state index in [1.807, 2.05) is 23.2 Å². The first-order valence-electron chi connectivity index (χ1n) is 4.58. The molecule has 1 aliphatic rings. The number of thioether (sulfide) groups is 1. The lowest BCUT2D eigenvalue weighted by Gasteiger charge is -2.19. The van der Waals surface area contributed by atoms with Crippen LogP contribution in [0.25, 0.3) is 0 Å². The summed E-state index contributed by atoms with van der Waals surface area (Å²) in [5, 5.41) is 2.55. The number of ketones is 1.